The molecule has 2 amide bonds. The van der Waals surface area contributed by atoms with Gasteiger partial charge in [0.2, 0.25) is 5.91 Å². The number of nitrogens with zero attached hydrogens (tertiary/aromatic N) is 1. The number of amides is 2. The number of hydrogen-bond donors (Lipinski definition) is 0. The summed E-state index contributed by atoms with van der Waals surface area (Å²) in [4.78, 5) is 36.3. The molecule has 1 aromatic rings. The Labute approximate surface area is 123 Å². The Morgan fingerprint density at radius 3 is 2.38 bits per heavy atom. The molecule has 0 N–H and O–H groups in total. The van der Waals surface area contributed by atoms with Crippen LogP contribution in [0.15, 0.2) is 35.9 Å². The van der Waals surface area contributed by atoms with Gasteiger partial charge in [-0.05, 0) is 30.2 Å². The Morgan fingerprint density at radius 2 is 1.86 bits per heavy atom. The van der Waals surface area contributed by atoms with Crippen molar-refractivity contribution in [3.8, 4) is 5.75 Å². The van der Waals surface area contributed by atoms with Crippen molar-refractivity contribution in [2.75, 3.05) is 4.90 Å². The number of carbonyl (C=O) groups excluding carboxylic acids is 3. The van der Waals surface area contributed by atoms with E-state index in [1.165, 1.54) is 6.92 Å². The minimum Gasteiger partial charge on any atom is -0.427 e. The van der Waals surface area contributed by atoms with Crippen molar-refractivity contribution in [2.24, 2.45) is 5.92 Å². The van der Waals surface area contributed by atoms with Crippen molar-refractivity contribution >= 4 is 23.5 Å². The second-order valence-corrected chi connectivity index (χ2v) is 5.23. The fraction of sp³-hybridized carbons (Fsp3) is 0.312. The highest BCUT2D eigenvalue weighted by atomic mass is 16.5. The number of esters is 1. The first kappa shape index (κ1) is 15.0. The van der Waals surface area contributed by atoms with Gasteiger partial charge in [-0.25, -0.2) is 4.90 Å². The summed E-state index contributed by atoms with van der Waals surface area (Å²) in [5.41, 5.74) is 1.01. The van der Waals surface area contributed by atoms with Crippen LogP contribution in [0.3, 0.4) is 0 Å². The summed E-state index contributed by atoms with van der Waals surface area (Å²) in [5, 5.41) is 0. The predicted molar refractivity (Wildman–Crippen MR) is 77.8 cm³/mol. The zero-order valence-electron chi connectivity index (χ0n) is 12.3. The molecule has 0 spiro atoms. The molecule has 0 bridgehead atoms. The Morgan fingerprint density at radius 1 is 1.24 bits per heavy atom. The van der Waals surface area contributed by atoms with Crippen LogP contribution < -0.4 is 9.64 Å². The monoisotopic (exact) mass is 287 g/mol. The molecule has 5 heteroatoms. The molecule has 110 valence electrons. The van der Waals surface area contributed by atoms with Gasteiger partial charge >= 0.3 is 5.97 Å². The molecular formula is C16H17NO4. The van der Waals surface area contributed by atoms with E-state index in [0.717, 1.165) is 4.90 Å². The summed E-state index contributed by atoms with van der Waals surface area (Å²) in [6.07, 6.45) is 1.94. The van der Waals surface area contributed by atoms with Gasteiger partial charge in [-0.2, -0.15) is 0 Å². The molecule has 0 aromatic heterocycles. The molecular weight excluding hydrogens is 270 g/mol. The van der Waals surface area contributed by atoms with E-state index >= 15 is 0 Å². The molecule has 1 aliphatic rings. The van der Waals surface area contributed by atoms with Crippen LogP contribution >= 0.6 is 0 Å². The molecule has 0 aliphatic carbocycles. The van der Waals surface area contributed by atoms with E-state index in [9.17, 15) is 14.4 Å². The van der Waals surface area contributed by atoms with Crippen molar-refractivity contribution in [1.82, 2.24) is 0 Å². The summed E-state index contributed by atoms with van der Waals surface area (Å²) < 4.78 is 4.92. The van der Waals surface area contributed by atoms with Crippen molar-refractivity contribution in [3.05, 3.63) is 35.9 Å². The Bertz CT molecular complexity index is 614. The van der Waals surface area contributed by atoms with Crippen molar-refractivity contribution in [2.45, 2.75) is 27.2 Å². The van der Waals surface area contributed by atoms with Gasteiger partial charge in [-0.15, -0.1) is 0 Å². The molecule has 5 nitrogen and oxygen atoms in total. The summed E-state index contributed by atoms with van der Waals surface area (Å²) in [5.74, 6) is -0.356. The van der Waals surface area contributed by atoms with Crippen molar-refractivity contribution in [3.63, 3.8) is 0 Å². The topological polar surface area (TPSA) is 63.7 Å². The average molecular weight is 287 g/mol. The lowest BCUT2D eigenvalue weighted by molar-refractivity contribution is -0.132. The van der Waals surface area contributed by atoms with Gasteiger partial charge in [0.05, 0.1) is 12.1 Å². The zero-order valence-corrected chi connectivity index (χ0v) is 12.3. The lowest BCUT2D eigenvalue weighted by Gasteiger charge is -2.14. The molecule has 0 radical (unpaired) electrons. The predicted octanol–water partition coefficient (Wildman–Crippen LogP) is 2.46. The van der Waals surface area contributed by atoms with Crippen molar-refractivity contribution < 1.29 is 19.1 Å². The molecule has 1 aliphatic heterocycles. The van der Waals surface area contributed by atoms with Crippen molar-refractivity contribution in [1.29, 1.82) is 0 Å². The summed E-state index contributed by atoms with van der Waals surface area (Å²) in [6, 6.07) is 6.29. The van der Waals surface area contributed by atoms with E-state index in [1.54, 1.807) is 24.3 Å². The smallest absolute Gasteiger partial charge is 0.308 e. The first-order chi connectivity index (χ1) is 9.88. The maximum absolute atomic E-state index is 12.3. The number of benzene rings is 1. The standard InChI is InChI=1S/C16H17NO4/c1-10(2)8-12-9-15(19)17(16(12)20)13-4-6-14(7-5-13)21-11(3)18/h4-8,10H,9H2,1-3H3. The van der Waals surface area contributed by atoms with E-state index in [1.807, 2.05) is 19.9 Å². The third kappa shape index (κ3) is 3.37. The third-order valence-electron chi connectivity index (χ3n) is 2.96. The largest absolute Gasteiger partial charge is 0.427 e. The summed E-state index contributed by atoms with van der Waals surface area (Å²) >= 11 is 0. The van der Waals surface area contributed by atoms with Crippen LogP contribution in [0.25, 0.3) is 0 Å². The normalized spacial score (nSPS) is 17.0. The van der Waals surface area contributed by atoms with Crippen LogP contribution in [0.2, 0.25) is 0 Å². The molecule has 1 heterocycles. The number of ether oxygens (including phenoxy) is 1. The molecule has 0 atom stereocenters. The van der Waals surface area contributed by atoms with Crippen LogP contribution in [0.4, 0.5) is 5.69 Å². The number of imide groups is 1. The van der Waals surface area contributed by atoms with Crippen LogP contribution in [0.1, 0.15) is 27.2 Å². The lowest BCUT2D eigenvalue weighted by atomic mass is 10.1. The SMILES string of the molecule is CC(=O)Oc1ccc(N2C(=O)CC(=CC(C)C)C2=O)cc1. The average Bonchev–Trinajstić information content (AvgIpc) is 2.64. The summed E-state index contributed by atoms with van der Waals surface area (Å²) in [6.45, 7) is 5.23. The number of anilines is 1. The minimum atomic E-state index is -0.418. The highest BCUT2D eigenvalue weighted by Crippen LogP contribution is 2.28. The molecule has 1 fully saturated rings. The first-order valence-electron chi connectivity index (χ1n) is 6.75. The second-order valence-electron chi connectivity index (χ2n) is 5.23. The fourth-order valence-electron chi connectivity index (χ4n) is 2.20. The van der Waals surface area contributed by atoms with Gasteiger partial charge in [-0.1, -0.05) is 19.9 Å². The van der Waals surface area contributed by atoms with Gasteiger partial charge in [0.1, 0.15) is 5.75 Å². The first-order valence-corrected chi connectivity index (χ1v) is 6.75. The maximum Gasteiger partial charge on any atom is 0.308 e. The summed E-state index contributed by atoms with van der Waals surface area (Å²) in [7, 11) is 0. The number of hydrogen-bond acceptors (Lipinski definition) is 4. The zero-order chi connectivity index (χ0) is 15.6. The molecule has 2 rings (SSSR count). The molecule has 1 saturated heterocycles. The molecule has 1 aromatic carbocycles. The van der Waals surface area contributed by atoms with Crippen LogP contribution in [-0.4, -0.2) is 17.8 Å². The molecule has 21 heavy (non-hydrogen) atoms. The van der Waals surface area contributed by atoms with E-state index < -0.39 is 5.97 Å². The Balaban J connectivity index is 2.24. The van der Waals surface area contributed by atoms with E-state index in [-0.39, 0.29) is 24.2 Å². The van der Waals surface area contributed by atoms with Crippen LogP contribution in [0, 0.1) is 5.92 Å². The van der Waals surface area contributed by atoms with E-state index in [2.05, 4.69) is 0 Å². The highest BCUT2D eigenvalue weighted by Gasteiger charge is 2.34. The van der Waals surface area contributed by atoms with Gasteiger partial charge in [0.25, 0.3) is 5.91 Å². The third-order valence-corrected chi connectivity index (χ3v) is 2.96. The Hall–Kier alpha value is -2.43. The van der Waals surface area contributed by atoms with Gasteiger partial charge in [0.15, 0.2) is 0 Å². The van der Waals surface area contributed by atoms with Gasteiger partial charge < -0.3 is 4.74 Å². The van der Waals surface area contributed by atoms with E-state index in [4.69, 9.17) is 4.74 Å². The molecule has 0 unspecified atom stereocenters. The van der Waals surface area contributed by atoms with Crippen LogP contribution in [0.5, 0.6) is 5.75 Å². The van der Waals surface area contributed by atoms with Crippen LogP contribution in [-0.2, 0) is 14.4 Å². The minimum absolute atomic E-state index is 0.128. The number of rotatable bonds is 3. The number of carbonyl (C=O) groups is 3. The molecule has 0 saturated carbocycles. The maximum atomic E-state index is 12.3. The van der Waals surface area contributed by atoms with Gasteiger partial charge in [-0.3, -0.25) is 14.4 Å². The lowest BCUT2D eigenvalue weighted by Crippen LogP contribution is -2.28. The highest BCUT2D eigenvalue weighted by molar-refractivity contribution is 6.28. The second kappa shape index (κ2) is 5.91. The van der Waals surface area contributed by atoms with Gasteiger partial charge in [0, 0.05) is 12.5 Å². The quantitative estimate of drug-likeness (QED) is 0.371. The van der Waals surface area contributed by atoms with E-state index in [0.29, 0.717) is 17.0 Å². The Kier molecular flexibility index (Phi) is 4.21. The number of allylic oxidation sites excluding steroid dienone is 1. The fourth-order valence-corrected chi connectivity index (χ4v) is 2.20.